The van der Waals surface area contributed by atoms with Gasteiger partial charge in [0.2, 0.25) is 0 Å². The molecular weight excluding hydrogens is 488 g/mol. The number of carbonyl (C=O) groups is 2. The first-order valence-corrected chi connectivity index (χ1v) is 11.6. The van der Waals surface area contributed by atoms with Gasteiger partial charge in [0.1, 0.15) is 11.5 Å². The number of hydrogen-bond acceptors (Lipinski definition) is 6. The van der Waals surface area contributed by atoms with Gasteiger partial charge in [0.25, 0.3) is 5.78 Å². The van der Waals surface area contributed by atoms with Crippen LogP contribution in [0.4, 0.5) is 13.9 Å². The number of Topliss-reactive ketones (excluding diaryl/α,β-unsaturated/α-hetero) is 1. The van der Waals surface area contributed by atoms with E-state index in [-0.39, 0.29) is 32.4 Å². The highest BCUT2D eigenvalue weighted by Crippen LogP contribution is 2.45. The first-order chi connectivity index (χ1) is 17.3. The van der Waals surface area contributed by atoms with Crippen LogP contribution in [-0.2, 0) is 9.59 Å². The molecule has 3 aromatic carbocycles. The molecule has 0 saturated carbocycles. The number of anilines is 1. The van der Waals surface area contributed by atoms with Crippen LogP contribution in [0.25, 0.3) is 26.9 Å². The highest BCUT2D eigenvalue weighted by atomic mass is 32.1. The third-order valence-electron chi connectivity index (χ3n) is 6.12. The van der Waals surface area contributed by atoms with Crippen molar-refractivity contribution in [3.05, 3.63) is 95.2 Å². The number of nitrogens with zero attached hydrogens (tertiary/aromatic N) is 2. The Kier molecular flexibility index (Phi) is 4.87. The number of rotatable bonds is 3. The molecule has 7 nitrogen and oxygen atoms in total. The Bertz CT molecular complexity index is 1700. The zero-order chi connectivity index (χ0) is 25.1. The van der Waals surface area contributed by atoms with Gasteiger partial charge in [-0.15, -0.1) is 0 Å². The highest BCUT2D eigenvalue weighted by molar-refractivity contribution is 7.22. The Morgan fingerprint density at radius 3 is 2.53 bits per heavy atom. The van der Waals surface area contributed by atoms with Crippen molar-refractivity contribution in [1.29, 1.82) is 0 Å². The molecule has 0 aliphatic carbocycles. The Morgan fingerprint density at radius 1 is 1.03 bits per heavy atom. The number of aromatic hydroxyl groups is 1. The average Bonchev–Trinajstić information content (AvgIpc) is 3.54. The predicted molar refractivity (Wildman–Crippen MR) is 131 cm³/mol. The lowest BCUT2D eigenvalue weighted by molar-refractivity contribution is -0.132. The molecule has 0 radical (unpaired) electrons. The fraction of sp³-hybridized carbons (Fsp3) is 0.0385. The molecule has 1 fully saturated rings. The number of aliphatic hydroxyl groups excluding tert-OH is 1. The Labute approximate surface area is 205 Å². The number of thiazole rings is 1. The van der Waals surface area contributed by atoms with Gasteiger partial charge < -0.3 is 15.2 Å². The van der Waals surface area contributed by atoms with E-state index in [1.807, 2.05) is 12.1 Å². The van der Waals surface area contributed by atoms with Gasteiger partial charge >= 0.3 is 5.91 Å². The van der Waals surface area contributed by atoms with Crippen molar-refractivity contribution in [2.24, 2.45) is 0 Å². The van der Waals surface area contributed by atoms with Crippen molar-refractivity contribution in [2.45, 2.75) is 6.04 Å². The maximum Gasteiger partial charge on any atom is 0.301 e. The molecule has 1 atom stereocenters. The Hall–Kier alpha value is -4.57. The lowest BCUT2D eigenvalue weighted by Crippen LogP contribution is -2.29. The van der Waals surface area contributed by atoms with Crippen LogP contribution in [0.5, 0.6) is 5.75 Å². The minimum Gasteiger partial charge on any atom is -0.508 e. The van der Waals surface area contributed by atoms with Crippen molar-refractivity contribution >= 4 is 55.0 Å². The smallest absolute Gasteiger partial charge is 0.301 e. The van der Waals surface area contributed by atoms with E-state index in [9.17, 15) is 28.6 Å². The summed E-state index contributed by atoms with van der Waals surface area (Å²) >= 11 is 0.914. The van der Waals surface area contributed by atoms with E-state index in [2.05, 4.69) is 9.97 Å². The van der Waals surface area contributed by atoms with Crippen LogP contribution in [-0.4, -0.2) is 31.9 Å². The molecule has 1 aliphatic rings. The number of fused-ring (bicyclic) bond motifs is 2. The zero-order valence-corrected chi connectivity index (χ0v) is 19.0. The third kappa shape index (κ3) is 3.26. The van der Waals surface area contributed by atoms with Gasteiger partial charge in [-0.3, -0.25) is 14.5 Å². The number of hydrogen-bond donors (Lipinski definition) is 3. The molecule has 5 aromatic rings. The van der Waals surface area contributed by atoms with Gasteiger partial charge in [0.15, 0.2) is 16.8 Å². The molecule has 3 N–H and O–H groups in total. The summed E-state index contributed by atoms with van der Waals surface area (Å²) in [4.78, 5) is 35.1. The molecule has 1 aliphatic heterocycles. The van der Waals surface area contributed by atoms with Gasteiger partial charge in [-0.05, 0) is 29.8 Å². The summed E-state index contributed by atoms with van der Waals surface area (Å²) in [6.07, 6.45) is 1.55. The molecule has 178 valence electrons. The first kappa shape index (κ1) is 21.9. The second-order valence-electron chi connectivity index (χ2n) is 8.24. The number of aliphatic hydroxyl groups is 1. The first-order valence-electron chi connectivity index (χ1n) is 10.8. The van der Waals surface area contributed by atoms with E-state index in [1.165, 1.54) is 24.3 Å². The molecule has 0 spiro atoms. The highest BCUT2D eigenvalue weighted by Gasteiger charge is 2.48. The van der Waals surface area contributed by atoms with Crippen LogP contribution in [0, 0.1) is 11.6 Å². The molecule has 1 amide bonds. The largest absolute Gasteiger partial charge is 0.508 e. The third-order valence-corrected chi connectivity index (χ3v) is 7.14. The van der Waals surface area contributed by atoms with E-state index in [0.717, 1.165) is 33.9 Å². The lowest BCUT2D eigenvalue weighted by Gasteiger charge is -2.22. The minimum atomic E-state index is -1.10. The summed E-state index contributed by atoms with van der Waals surface area (Å²) in [5, 5.41) is 21.8. The number of benzene rings is 3. The van der Waals surface area contributed by atoms with Crippen molar-refractivity contribution in [3.63, 3.8) is 0 Å². The molecular formula is C26H15F2N3O4S. The van der Waals surface area contributed by atoms with Crippen LogP contribution < -0.4 is 4.90 Å². The van der Waals surface area contributed by atoms with Crippen molar-refractivity contribution in [2.75, 3.05) is 4.90 Å². The van der Waals surface area contributed by atoms with Crippen LogP contribution in [0.1, 0.15) is 17.2 Å². The molecule has 36 heavy (non-hydrogen) atoms. The van der Waals surface area contributed by atoms with Gasteiger partial charge in [-0.2, -0.15) is 0 Å². The summed E-state index contributed by atoms with van der Waals surface area (Å²) in [6, 6.07) is 13.8. The minimum absolute atomic E-state index is 0.0294. The van der Waals surface area contributed by atoms with E-state index in [0.29, 0.717) is 16.5 Å². The zero-order valence-electron chi connectivity index (χ0n) is 18.2. The van der Waals surface area contributed by atoms with Gasteiger partial charge in [0, 0.05) is 28.7 Å². The number of para-hydroxylation sites is 1. The predicted octanol–water partition coefficient (Wildman–Crippen LogP) is 5.39. The average molecular weight is 503 g/mol. The maximum atomic E-state index is 13.8. The van der Waals surface area contributed by atoms with E-state index in [4.69, 9.17) is 0 Å². The maximum absolute atomic E-state index is 13.8. The number of carbonyl (C=O) groups excluding carboxylic acids is 2. The summed E-state index contributed by atoms with van der Waals surface area (Å²) < 4.78 is 27.9. The summed E-state index contributed by atoms with van der Waals surface area (Å²) in [5.41, 5.74) is 1.43. The number of aromatic amines is 1. The van der Waals surface area contributed by atoms with Crippen molar-refractivity contribution in [3.8, 4) is 5.75 Å². The molecule has 1 saturated heterocycles. The number of amides is 1. The molecule has 6 rings (SSSR count). The number of halogens is 2. The van der Waals surface area contributed by atoms with Crippen molar-refractivity contribution < 1.29 is 28.6 Å². The SMILES string of the molecule is O=C1C(=O)N(c2nc3cc(F)c(F)cc3s2)C(c2ccc(O)cc2)/C1=C(\O)c1c[nH]c2ccccc12. The van der Waals surface area contributed by atoms with Gasteiger partial charge in [-0.25, -0.2) is 13.8 Å². The quantitative estimate of drug-likeness (QED) is 0.174. The number of aromatic nitrogens is 2. The molecule has 3 heterocycles. The molecule has 0 bridgehead atoms. The topological polar surface area (TPSA) is 107 Å². The molecule has 10 heteroatoms. The number of phenolic OH excluding ortho intramolecular Hbond substituents is 1. The van der Waals surface area contributed by atoms with Crippen LogP contribution in [0.2, 0.25) is 0 Å². The molecule has 1 unspecified atom stereocenters. The van der Waals surface area contributed by atoms with Gasteiger partial charge in [-0.1, -0.05) is 41.7 Å². The molecule has 2 aromatic heterocycles. The monoisotopic (exact) mass is 503 g/mol. The number of nitrogens with one attached hydrogen (secondary N) is 1. The van der Waals surface area contributed by atoms with Crippen LogP contribution in [0.15, 0.2) is 72.4 Å². The summed E-state index contributed by atoms with van der Waals surface area (Å²) in [7, 11) is 0. The second-order valence-corrected chi connectivity index (χ2v) is 9.25. The van der Waals surface area contributed by atoms with Crippen molar-refractivity contribution in [1.82, 2.24) is 9.97 Å². The standard InChI is InChI=1S/C26H15F2N3O4S/c27-16-9-19-20(10-17(16)28)36-26(30-19)31-22(12-5-7-13(32)8-6-12)21(24(34)25(31)35)23(33)15-11-29-18-4-2-1-3-14(15)18/h1-11,22,29,32-33H/b23-21+. The van der Waals surface area contributed by atoms with E-state index >= 15 is 0 Å². The Balaban J connectivity index is 1.59. The lowest BCUT2D eigenvalue weighted by atomic mass is 9.95. The van der Waals surface area contributed by atoms with Gasteiger partial charge in [0.05, 0.1) is 21.8 Å². The normalized spacial score (nSPS) is 17.5. The number of H-pyrrole nitrogens is 1. The van der Waals surface area contributed by atoms with Crippen LogP contribution in [0.3, 0.4) is 0 Å². The number of phenols is 1. The second kappa shape index (κ2) is 7.99. The number of ketones is 1. The summed E-state index contributed by atoms with van der Waals surface area (Å²) in [6.45, 7) is 0. The Morgan fingerprint density at radius 2 is 1.75 bits per heavy atom. The fourth-order valence-electron chi connectivity index (χ4n) is 4.43. The fourth-order valence-corrected chi connectivity index (χ4v) is 5.43. The van der Waals surface area contributed by atoms with E-state index in [1.54, 1.807) is 18.3 Å². The van der Waals surface area contributed by atoms with E-state index < -0.39 is 29.4 Å². The van der Waals surface area contributed by atoms with Crippen LogP contribution >= 0.6 is 11.3 Å². The summed E-state index contributed by atoms with van der Waals surface area (Å²) in [5.74, 6) is -4.45.